The normalized spacial score (nSPS) is 10.8. The second-order valence-electron chi connectivity index (χ2n) is 2.03. The minimum absolute atomic E-state index is 0.731. The highest BCUT2D eigenvalue weighted by Crippen LogP contribution is 1.68. The molecule has 1 aromatic rings. The Morgan fingerprint density at radius 3 is 2.00 bits per heavy atom. The fourth-order valence-electron chi connectivity index (χ4n) is 0.253. The molecule has 1 unspecified atom stereocenters. The lowest BCUT2D eigenvalue weighted by atomic mass is 10.4. The lowest BCUT2D eigenvalue weighted by molar-refractivity contribution is -0.138. The van der Waals surface area contributed by atoms with Crippen molar-refractivity contribution in [2.45, 2.75) is 13.0 Å². The van der Waals surface area contributed by atoms with Gasteiger partial charge in [0.05, 0.1) is 0 Å². The summed E-state index contributed by atoms with van der Waals surface area (Å²) in [6.07, 6.45) is 4.88. The maximum Gasteiger partial charge on any atom is 0.320 e. The van der Waals surface area contributed by atoms with Crippen LogP contribution in [0.1, 0.15) is 6.92 Å². The van der Waals surface area contributed by atoms with Crippen LogP contribution in [-0.4, -0.2) is 27.1 Å². The third-order valence-electron chi connectivity index (χ3n) is 0.867. The van der Waals surface area contributed by atoms with Crippen LogP contribution in [0.4, 0.5) is 0 Å². The Balaban J connectivity index is 0.000000202. The molecule has 1 rings (SSSR count). The van der Waals surface area contributed by atoms with E-state index in [9.17, 15) is 4.79 Å². The number of hydrogen-bond donors (Lipinski definition) is 2. The van der Waals surface area contributed by atoms with Crippen LogP contribution in [0.2, 0.25) is 0 Å². The van der Waals surface area contributed by atoms with Crippen molar-refractivity contribution in [1.82, 2.24) is 9.97 Å². The molecule has 0 saturated carbocycles. The van der Waals surface area contributed by atoms with Crippen molar-refractivity contribution in [2.24, 2.45) is 5.73 Å². The molecule has 1 heterocycles. The van der Waals surface area contributed by atoms with Gasteiger partial charge in [0.25, 0.3) is 0 Å². The van der Waals surface area contributed by atoms with Crippen molar-refractivity contribution in [3.05, 3.63) is 24.8 Å². The molecule has 0 fully saturated rings. The molecule has 0 aliphatic carbocycles. The van der Waals surface area contributed by atoms with Gasteiger partial charge in [-0.25, -0.2) is 9.97 Å². The Morgan fingerprint density at radius 2 is 1.92 bits per heavy atom. The first-order valence-corrected chi connectivity index (χ1v) is 3.33. The lowest BCUT2D eigenvalue weighted by Crippen LogP contribution is -2.25. The number of carbonyl (C=O) groups is 1. The first kappa shape index (κ1) is 10.5. The number of aromatic nitrogens is 2. The van der Waals surface area contributed by atoms with E-state index in [0.29, 0.717) is 0 Å². The number of hydrogen-bond acceptors (Lipinski definition) is 4. The molecule has 0 aliphatic heterocycles. The molecule has 66 valence electrons. The quantitative estimate of drug-likeness (QED) is 0.612. The van der Waals surface area contributed by atoms with E-state index in [0.717, 1.165) is 0 Å². The van der Waals surface area contributed by atoms with Crippen LogP contribution in [0.25, 0.3) is 0 Å². The van der Waals surface area contributed by atoms with E-state index < -0.39 is 12.0 Å². The number of carboxylic acids is 1. The van der Waals surface area contributed by atoms with Gasteiger partial charge in [-0.3, -0.25) is 4.79 Å². The molecular formula is C7H11N3O2. The topological polar surface area (TPSA) is 89.1 Å². The summed E-state index contributed by atoms with van der Waals surface area (Å²) in [7, 11) is 0. The summed E-state index contributed by atoms with van der Waals surface area (Å²) in [5, 5.41) is 7.87. The van der Waals surface area contributed by atoms with E-state index in [2.05, 4.69) is 9.97 Å². The van der Waals surface area contributed by atoms with Crippen LogP contribution < -0.4 is 5.73 Å². The molecule has 3 N–H and O–H groups in total. The largest absolute Gasteiger partial charge is 0.480 e. The van der Waals surface area contributed by atoms with Gasteiger partial charge in [-0.05, 0) is 13.0 Å². The van der Waals surface area contributed by atoms with E-state index >= 15 is 0 Å². The first-order chi connectivity index (χ1) is 5.64. The van der Waals surface area contributed by atoms with Crippen molar-refractivity contribution >= 4 is 5.97 Å². The van der Waals surface area contributed by atoms with Crippen molar-refractivity contribution in [3.63, 3.8) is 0 Å². The summed E-state index contributed by atoms with van der Waals surface area (Å²) in [6.45, 7) is 1.42. The summed E-state index contributed by atoms with van der Waals surface area (Å²) in [5.41, 5.74) is 4.84. The van der Waals surface area contributed by atoms with E-state index in [1.54, 1.807) is 18.5 Å². The fraction of sp³-hybridized carbons (Fsp3) is 0.286. The minimum Gasteiger partial charge on any atom is -0.480 e. The van der Waals surface area contributed by atoms with Crippen molar-refractivity contribution in [1.29, 1.82) is 0 Å². The standard InChI is InChI=1S/C4H4N2.C3H7NO2/c1-2-5-4-6-3-1;1-2(4)3(5)6/h1-4H;2H,4H2,1H3,(H,5,6). The number of nitrogens with zero attached hydrogens (tertiary/aromatic N) is 2. The third kappa shape index (κ3) is 6.63. The number of aliphatic carboxylic acids is 1. The maximum absolute atomic E-state index is 9.57. The van der Waals surface area contributed by atoms with E-state index in [-0.39, 0.29) is 0 Å². The van der Waals surface area contributed by atoms with Gasteiger partial charge >= 0.3 is 5.97 Å². The molecule has 0 radical (unpaired) electrons. The summed E-state index contributed by atoms with van der Waals surface area (Å²) >= 11 is 0. The highest BCUT2D eigenvalue weighted by molar-refractivity contribution is 5.72. The Morgan fingerprint density at radius 1 is 1.50 bits per heavy atom. The summed E-state index contributed by atoms with van der Waals surface area (Å²) in [6, 6.07) is 1.05. The molecule has 1 aromatic heterocycles. The Hall–Kier alpha value is -1.49. The molecule has 0 bridgehead atoms. The van der Waals surface area contributed by atoms with Crippen LogP contribution in [0.5, 0.6) is 0 Å². The summed E-state index contributed by atoms with van der Waals surface area (Å²) in [5.74, 6) is -0.963. The second-order valence-corrected chi connectivity index (χ2v) is 2.03. The lowest BCUT2D eigenvalue weighted by Gasteiger charge is -1.90. The van der Waals surface area contributed by atoms with Gasteiger partial charge in [-0.1, -0.05) is 0 Å². The average molecular weight is 169 g/mol. The first-order valence-electron chi connectivity index (χ1n) is 3.33. The Labute approximate surface area is 70.3 Å². The third-order valence-corrected chi connectivity index (χ3v) is 0.867. The zero-order chi connectivity index (χ0) is 9.40. The summed E-state index contributed by atoms with van der Waals surface area (Å²) in [4.78, 5) is 16.9. The monoisotopic (exact) mass is 169 g/mol. The predicted molar refractivity (Wildman–Crippen MR) is 43.3 cm³/mol. The SMILES string of the molecule is CC(N)C(=O)O.c1cncnc1. The van der Waals surface area contributed by atoms with Crippen molar-refractivity contribution in [2.75, 3.05) is 0 Å². The predicted octanol–water partition coefficient (Wildman–Crippen LogP) is -0.105. The van der Waals surface area contributed by atoms with Gasteiger partial charge in [-0.15, -0.1) is 0 Å². The summed E-state index contributed by atoms with van der Waals surface area (Å²) < 4.78 is 0. The van der Waals surface area contributed by atoms with E-state index in [1.807, 2.05) is 0 Å². The van der Waals surface area contributed by atoms with Crippen LogP contribution in [0.3, 0.4) is 0 Å². The van der Waals surface area contributed by atoms with Gasteiger partial charge in [0, 0.05) is 12.4 Å². The molecule has 12 heavy (non-hydrogen) atoms. The van der Waals surface area contributed by atoms with Crippen LogP contribution in [0, 0.1) is 0 Å². The smallest absolute Gasteiger partial charge is 0.320 e. The maximum atomic E-state index is 9.57. The second kappa shape index (κ2) is 6.23. The molecule has 0 aromatic carbocycles. The molecule has 0 amide bonds. The van der Waals surface area contributed by atoms with Crippen LogP contribution in [0.15, 0.2) is 24.8 Å². The van der Waals surface area contributed by atoms with Gasteiger partial charge in [-0.2, -0.15) is 0 Å². The van der Waals surface area contributed by atoms with E-state index in [1.165, 1.54) is 13.3 Å². The molecule has 0 aliphatic rings. The van der Waals surface area contributed by atoms with E-state index in [4.69, 9.17) is 10.8 Å². The zero-order valence-corrected chi connectivity index (χ0v) is 6.71. The Kier molecular flexibility index (Phi) is 5.46. The molecular weight excluding hydrogens is 158 g/mol. The van der Waals surface area contributed by atoms with Gasteiger partial charge in [0.1, 0.15) is 12.4 Å². The van der Waals surface area contributed by atoms with Crippen LogP contribution in [-0.2, 0) is 4.79 Å². The minimum atomic E-state index is -0.963. The molecule has 0 saturated heterocycles. The van der Waals surface area contributed by atoms with Gasteiger partial charge < -0.3 is 10.8 Å². The molecule has 0 spiro atoms. The molecule has 5 heteroatoms. The van der Waals surface area contributed by atoms with Gasteiger partial charge in [0.15, 0.2) is 0 Å². The highest BCUT2D eigenvalue weighted by atomic mass is 16.4. The highest BCUT2D eigenvalue weighted by Gasteiger charge is 1.99. The number of carboxylic acid groups (broad SMARTS) is 1. The van der Waals surface area contributed by atoms with Gasteiger partial charge in [0.2, 0.25) is 0 Å². The number of nitrogens with two attached hydrogens (primary N) is 1. The van der Waals surface area contributed by atoms with Crippen molar-refractivity contribution in [3.8, 4) is 0 Å². The van der Waals surface area contributed by atoms with Crippen LogP contribution >= 0.6 is 0 Å². The average Bonchev–Trinajstić information content (AvgIpc) is 2.08. The fourth-order valence-corrected chi connectivity index (χ4v) is 0.253. The molecule has 1 atom stereocenters. The van der Waals surface area contributed by atoms with Crippen molar-refractivity contribution < 1.29 is 9.90 Å². The zero-order valence-electron chi connectivity index (χ0n) is 6.71. The molecule has 5 nitrogen and oxygen atoms in total. The Bertz CT molecular complexity index is 186. The number of rotatable bonds is 1.